The van der Waals surface area contributed by atoms with Gasteiger partial charge in [0.2, 0.25) is 10.0 Å². The van der Waals surface area contributed by atoms with E-state index < -0.39 is 44.5 Å². The first-order valence-corrected chi connectivity index (χ1v) is 8.01. The average Bonchev–Trinajstić information content (AvgIpc) is 2.46. The predicted octanol–water partition coefficient (Wildman–Crippen LogP) is 1.32. The Hall–Kier alpha value is -1.58. The van der Waals surface area contributed by atoms with E-state index in [2.05, 4.69) is 4.72 Å². The van der Waals surface area contributed by atoms with Crippen molar-refractivity contribution < 1.29 is 31.8 Å². The molecule has 22 heavy (non-hydrogen) atoms. The molecule has 9 heteroatoms. The first kappa shape index (κ1) is 16.8. The molecule has 1 saturated heterocycles. The van der Waals surface area contributed by atoms with Crippen LogP contribution in [-0.4, -0.2) is 44.9 Å². The number of rotatable bonds is 5. The van der Waals surface area contributed by atoms with E-state index >= 15 is 0 Å². The fourth-order valence-corrected chi connectivity index (χ4v) is 3.18. The predicted molar refractivity (Wildman–Crippen MR) is 72.4 cm³/mol. The number of ether oxygens (including phenoxy) is 1. The minimum atomic E-state index is -4.13. The smallest absolute Gasteiger partial charge is 0.338 e. The third-order valence-electron chi connectivity index (χ3n) is 3.45. The van der Waals surface area contributed by atoms with Crippen LogP contribution in [0.15, 0.2) is 23.1 Å². The summed E-state index contributed by atoms with van der Waals surface area (Å²) in [5.74, 6) is -2.67. The Morgan fingerprint density at radius 1 is 1.36 bits per heavy atom. The average molecular weight is 335 g/mol. The summed E-state index contributed by atoms with van der Waals surface area (Å²) >= 11 is 0. The van der Waals surface area contributed by atoms with Gasteiger partial charge in [0.15, 0.2) is 0 Å². The van der Waals surface area contributed by atoms with Gasteiger partial charge in [0.25, 0.3) is 0 Å². The second kappa shape index (κ2) is 6.27. The van der Waals surface area contributed by atoms with Crippen LogP contribution >= 0.6 is 0 Å². The fourth-order valence-electron chi connectivity index (χ4n) is 2.06. The van der Waals surface area contributed by atoms with Crippen LogP contribution < -0.4 is 4.72 Å². The van der Waals surface area contributed by atoms with Gasteiger partial charge in [0.05, 0.1) is 10.5 Å². The molecule has 0 spiro atoms. The molecule has 0 radical (unpaired) electrons. The van der Waals surface area contributed by atoms with E-state index in [-0.39, 0.29) is 26.1 Å². The van der Waals surface area contributed by atoms with Crippen LogP contribution in [0.5, 0.6) is 0 Å². The van der Waals surface area contributed by atoms with Crippen LogP contribution in [0.25, 0.3) is 0 Å². The minimum absolute atomic E-state index is 0.0713. The Morgan fingerprint density at radius 2 is 2.00 bits per heavy atom. The van der Waals surface area contributed by atoms with Gasteiger partial charge in [-0.05, 0) is 18.2 Å². The molecule has 6 nitrogen and oxygen atoms in total. The lowest BCUT2D eigenvalue weighted by molar-refractivity contribution is -0.00522. The second-order valence-electron chi connectivity index (χ2n) is 5.03. The van der Waals surface area contributed by atoms with E-state index in [1.54, 1.807) is 0 Å². The zero-order valence-electron chi connectivity index (χ0n) is 11.5. The highest BCUT2D eigenvalue weighted by molar-refractivity contribution is 7.89. The van der Waals surface area contributed by atoms with Gasteiger partial charge in [-0.1, -0.05) is 0 Å². The highest BCUT2D eigenvalue weighted by Gasteiger charge is 2.34. The van der Waals surface area contributed by atoms with E-state index in [9.17, 15) is 22.0 Å². The van der Waals surface area contributed by atoms with Crippen molar-refractivity contribution in [2.75, 3.05) is 19.8 Å². The first-order chi connectivity index (χ1) is 10.2. The molecule has 0 aromatic heterocycles. The van der Waals surface area contributed by atoms with E-state index in [4.69, 9.17) is 9.84 Å². The monoisotopic (exact) mass is 335 g/mol. The molecule has 2 N–H and O–H groups in total. The molecule has 0 amide bonds. The number of hydrogen-bond acceptors (Lipinski definition) is 4. The highest BCUT2D eigenvalue weighted by Crippen LogP contribution is 2.25. The number of alkyl halides is 1. The maximum absolute atomic E-state index is 14.3. The highest BCUT2D eigenvalue weighted by atomic mass is 32.2. The van der Waals surface area contributed by atoms with Crippen molar-refractivity contribution in [3.8, 4) is 0 Å². The summed E-state index contributed by atoms with van der Waals surface area (Å²) in [5.41, 5.74) is -2.34. The molecule has 122 valence electrons. The van der Waals surface area contributed by atoms with Crippen LogP contribution in [0.3, 0.4) is 0 Å². The molecule has 0 unspecified atom stereocenters. The van der Waals surface area contributed by atoms with Crippen molar-refractivity contribution in [1.82, 2.24) is 4.72 Å². The molecule has 0 atom stereocenters. The number of halogens is 2. The molecule has 1 aromatic carbocycles. The number of hydrogen-bond donors (Lipinski definition) is 2. The van der Waals surface area contributed by atoms with Crippen molar-refractivity contribution in [3.05, 3.63) is 29.6 Å². The minimum Gasteiger partial charge on any atom is -0.478 e. The van der Waals surface area contributed by atoms with Gasteiger partial charge in [0.1, 0.15) is 11.5 Å². The quantitative estimate of drug-likeness (QED) is 0.847. The normalized spacial score (nSPS) is 18.1. The zero-order chi connectivity index (χ0) is 16.4. The van der Waals surface area contributed by atoms with E-state index in [1.807, 2.05) is 0 Å². The molecular formula is C13H15F2NO5S. The molecule has 2 rings (SSSR count). The molecule has 0 aliphatic carbocycles. The molecule has 1 fully saturated rings. The topological polar surface area (TPSA) is 92.7 Å². The van der Waals surface area contributed by atoms with E-state index in [1.165, 1.54) is 0 Å². The molecular weight excluding hydrogens is 320 g/mol. The third-order valence-corrected chi connectivity index (χ3v) is 4.85. The van der Waals surface area contributed by atoms with Crippen LogP contribution in [0.1, 0.15) is 23.2 Å². The molecule has 0 saturated carbocycles. The molecule has 1 aliphatic heterocycles. The lowest BCUT2D eigenvalue weighted by atomic mass is 9.97. The van der Waals surface area contributed by atoms with Gasteiger partial charge in [0, 0.05) is 32.6 Å². The Morgan fingerprint density at radius 3 is 2.55 bits per heavy atom. The molecule has 1 aromatic rings. The first-order valence-electron chi connectivity index (χ1n) is 6.53. The third kappa shape index (κ3) is 3.79. The number of nitrogens with one attached hydrogen (secondary N) is 1. The fraction of sp³-hybridized carbons (Fsp3) is 0.462. The lowest BCUT2D eigenvalue weighted by Gasteiger charge is -2.29. The Bertz CT molecular complexity index is 671. The molecule has 0 bridgehead atoms. The summed E-state index contributed by atoms with van der Waals surface area (Å²) in [6.45, 7) is -0.0265. The van der Waals surface area contributed by atoms with Crippen molar-refractivity contribution in [2.45, 2.75) is 23.4 Å². The molecule has 1 heterocycles. The standard InChI is InChI=1S/C13H15F2NO5S/c14-11-7-9(1-2-10(11)12(17)18)22(19,20)16-8-13(15)3-5-21-6-4-13/h1-2,7,16H,3-6,8H2,(H,17,18). The summed E-state index contributed by atoms with van der Waals surface area (Å²) in [6, 6.07) is 2.41. The SMILES string of the molecule is O=C(O)c1ccc(S(=O)(=O)NCC2(F)CCOCC2)cc1F. The van der Waals surface area contributed by atoms with Gasteiger partial charge in [-0.25, -0.2) is 26.7 Å². The van der Waals surface area contributed by atoms with Crippen molar-refractivity contribution >= 4 is 16.0 Å². The zero-order valence-corrected chi connectivity index (χ0v) is 12.3. The number of carboxylic acids is 1. The van der Waals surface area contributed by atoms with Crippen LogP contribution in [0.2, 0.25) is 0 Å². The summed E-state index contributed by atoms with van der Waals surface area (Å²) in [4.78, 5) is 10.2. The number of benzene rings is 1. The van der Waals surface area contributed by atoms with Crippen LogP contribution in [-0.2, 0) is 14.8 Å². The maximum atomic E-state index is 14.3. The number of aromatic carboxylic acids is 1. The number of carbonyl (C=O) groups is 1. The second-order valence-corrected chi connectivity index (χ2v) is 6.80. The number of sulfonamides is 1. The Kier molecular flexibility index (Phi) is 4.78. The van der Waals surface area contributed by atoms with Gasteiger partial charge >= 0.3 is 5.97 Å². The van der Waals surface area contributed by atoms with Gasteiger partial charge < -0.3 is 9.84 Å². The largest absolute Gasteiger partial charge is 0.478 e. The van der Waals surface area contributed by atoms with Crippen LogP contribution in [0, 0.1) is 5.82 Å². The van der Waals surface area contributed by atoms with Gasteiger partial charge in [-0.15, -0.1) is 0 Å². The summed E-state index contributed by atoms with van der Waals surface area (Å²) < 4.78 is 59.0. The molecule has 1 aliphatic rings. The van der Waals surface area contributed by atoms with Crippen LogP contribution in [0.4, 0.5) is 8.78 Å². The van der Waals surface area contributed by atoms with Crippen molar-refractivity contribution in [1.29, 1.82) is 0 Å². The Labute approximate surface area is 126 Å². The lowest BCUT2D eigenvalue weighted by Crippen LogP contribution is -2.43. The summed E-state index contributed by atoms with van der Waals surface area (Å²) in [5, 5.41) is 8.70. The van der Waals surface area contributed by atoms with Crippen molar-refractivity contribution in [2.24, 2.45) is 0 Å². The van der Waals surface area contributed by atoms with Gasteiger partial charge in [-0.3, -0.25) is 0 Å². The maximum Gasteiger partial charge on any atom is 0.338 e. The van der Waals surface area contributed by atoms with E-state index in [0.29, 0.717) is 6.07 Å². The van der Waals surface area contributed by atoms with Crippen molar-refractivity contribution in [3.63, 3.8) is 0 Å². The van der Waals surface area contributed by atoms with E-state index in [0.717, 1.165) is 12.1 Å². The Balaban J connectivity index is 2.13. The van der Waals surface area contributed by atoms with Gasteiger partial charge in [-0.2, -0.15) is 0 Å². The summed E-state index contributed by atoms with van der Waals surface area (Å²) in [7, 11) is -4.13. The number of carboxylic acid groups (broad SMARTS) is 1. The summed E-state index contributed by atoms with van der Waals surface area (Å²) in [6.07, 6.45) is 0.143.